The van der Waals surface area contributed by atoms with Gasteiger partial charge in [-0.2, -0.15) is 8.78 Å². The fraction of sp³-hybridized carbons (Fsp3) is 0.316. The number of nitrogens with one attached hydrogen (secondary N) is 2. The average Bonchev–Trinajstić information content (AvgIpc) is 2.67. The van der Waals surface area contributed by atoms with E-state index in [1.807, 2.05) is 18.2 Å². The first-order valence-corrected chi connectivity index (χ1v) is 8.28. The van der Waals surface area contributed by atoms with Crippen molar-refractivity contribution in [1.29, 1.82) is 0 Å². The molecule has 0 aliphatic heterocycles. The summed E-state index contributed by atoms with van der Waals surface area (Å²) in [5.41, 5.74) is 1.77. The molecular weight excluding hydrogens is 358 g/mol. The predicted octanol–water partition coefficient (Wildman–Crippen LogP) is 3.35. The van der Waals surface area contributed by atoms with Crippen LogP contribution in [0.4, 0.5) is 13.6 Å². The van der Waals surface area contributed by atoms with Crippen molar-refractivity contribution in [2.24, 2.45) is 0 Å². The number of carbonyl (C=O) groups is 1. The van der Waals surface area contributed by atoms with Gasteiger partial charge < -0.3 is 24.8 Å². The Hall–Kier alpha value is -3.03. The highest BCUT2D eigenvalue weighted by molar-refractivity contribution is 5.73. The van der Waals surface area contributed by atoms with Gasteiger partial charge in [0, 0.05) is 13.1 Å². The third-order valence-corrected chi connectivity index (χ3v) is 3.75. The minimum atomic E-state index is -2.86. The Morgan fingerprint density at radius 2 is 1.63 bits per heavy atom. The first kappa shape index (κ1) is 20.3. The van der Waals surface area contributed by atoms with E-state index in [1.165, 1.54) is 12.1 Å². The molecule has 0 saturated carbocycles. The quantitative estimate of drug-likeness (QED) is 0.700. The number of rotatable bonds is 9. The number of methoxy groups -OCH3 is 2. The highest BCUT2D eigenvalue weighted by Gasteiger charge is 2.06. The summed E-state index contributed by atoms with van der Waals surface area (Å²) in [5, 5.41) is 5.46. The summed E-state index contributed by atoms with van der Waals surface area (Å²) < 4.78 is 38.9. The fourth-order valence-electron chi connectivity index (χ4n) is 2.39. The van der Waals surface area contributed by atoms with Crippen molar-refractivity contribution in [2.75, 3.05) is 20.8 Å². The smallest absolute Gasteiger partial charge is 0.387 e. The molecule has 0 unspecified atom stereocenters. The van der Waals surface area contributed by atoms with E-state index in [-0.39, 0.29) is 18.3 Å². The number of halogens is 2. The minimum absolute atomic E-state index is 0.0770. The molecule has 27 heavy (non-hydrogen) atoms. The van der Waals surface area contributed by atoms with Crippen LogP contribution in [0.25, 0.3) is 0 Å². The number of benzene rings is 2. The Morgan fingerprint density at radius 1 is 0.963 bits per heavy atom. The third kappa shape index (κ3) is 6.65. The van der Waals surface area contributed by atoms with Crippen molar-refractivity contribution in [3.63, 3.8) is 0 Å². The van der Waals surface area contributed by atoms with Gasteiger partial charge in [-0.05, 0) is 41.8 Å². The zero-order chi connectivity index (χ0) is 19.6. The lowest BCUT2D eigenvalue weighted by atomic mass is 10.1. The van der Waals surface area contributed by atoms with E-state index < -0.39 is 6.61 Å². The molecule has 0 aliphatic rings. The molecule has 8 heteroatoms. The third-order valence-electron chi connectivity index (χ3n) is 3.75. The van der Waals surface area contributed by atoms with Gasteiger partial charge in [0.15, 0.2) is 11.5 Å². The summed E-state index contributed by atoms with van der Waals surface area (Å²) in [6, 6.07) is 11.4. The van der Waals surface area contributed by atoms with Gasteiger partial charge in [-0.15, -0.1) is 0 Å². The summed E-state index contributed by atoms with van der Waals surface area (Å²) in [6.07, 6.45) is 0.632. The van der Waals surface area contributed by atoms with Crippen LogP contribution >= 0.6 is 0 Å². The molecule has 0 spiro atoms. The van der Waals surface area contributed by atoms with E-state index in [0.717, 1.165) is 11.1 Å². The monoisotopic (exact) mass is 380 g/mol. The molecule has 2 rings (SSSR count). The molecule has 146 valence electrons. The van der Waals surface area contributed by atoms with Crippen molar-refractivity contribution >= 4 is 6.03 Å². The van der Waals surface area contributed by atoms with Crippen LogP contribution in [0.2, 0.25) is 0 Å². The van der Waals surface area contributed by atoms with E-state index >= 15 is 0 Å². The number of hydrogen-bond acceptors (Lipinski definition) is 4. The first-order valence-electron chi connectivity index (χ1n) is 8.28. The number of alkyl halides is 2. The molecule has 0 radical (unpaired) electrons. The van der Waals surface area contributed by atoms with Crippen LogP contribution in [0.3, 0.4) is 0 Å². The molecule has 0 fully saturated rings. The van der Waals surface area contributed by atoms with Crippen LogP contribution < -0.4 is 24.8 Å². The molecule has 0 bridgehead atoms. The summed E-state index contributed by atoms with van der Waals surface area (Å²) in [5.74, 6) is 1.36. The molecule has 2 N–H and O–H groups in total. The van der Waals surface area contributed by atoms with Gasteiger partial charge >= 0.3 is 12.6 Å². The standard InChI is InChI=1S/C19H22F2N2O4/c1-25-16-8-5-13(11-17(16)26-2)9-10-22-19(24)23-12-14-3-6-15(7-4-14)27-18(20)21/h3-8,11,18H,9-10,12H2,1-2H3,(H2,22,23,24). The molecule has 2 amide bonds. The van der Waals surface area contributed by atoms with Gasteiger partial charge in [0.1, 0.15) is 5.75 Å². The van der Waals surface area contributed by atoms with Gasteiger partial charge in [0.25, 0.3) is 0 Å². The predicted molar refractivity (Wildman–Crippen MR) is 96.6 cm³/mol. The molecule has 6 nitrogen and oxygen atoms in total. The summed E-state index contributed by atoms with van der Waals surface area (Å²) >= 11 is 0. The number of hydrogen-bond donors (Lipinski definition) is 2. The number of carbonyl (C=O) groups excluding carboxylic acids is 1. The van der Waals surface area contributed by atoms with E-state index in [9.17, 15) is 13.6 Å². The van der Waals surface area contributed by atoms with Crippen molar-refractivity contribution in [1.82, 2.24) is 10.6 Å². The van der Waals surface area contributed by atoms with Crippen molar-refractivity contribution in [3.05, 3.63) is 53.6 Å². The normalized spacial score (nSPS) is 10.4. The Labute approximate surface area is 156 Å². The molecule has 0 saturated heterocycles. The van der Waals surface area contributed by atoms with Gasteiger partial charge in [0.2, 0.25) is 0 Å². The minimum Gasteiger partial charge on any atom is -0.493 e. The second-order valence-electron chi connectivity index (χ2n) is 5.57. The van der Waals surface area contributed by atoms with Crippen LogP contribution in [0, 0.1) is 0 Å². The molecule has 2 aromatic carbocycles. The number of ether oxygens (including phenoxy) is 3. The summed E-state index contributed by atoms with van der Waals surface area (Å²) in [7, 11) is 3.14. The molecule has 0 aliphatic carbocycles. The second-order valence-corrected chi connectivity index (χ2v) is 5.57. The largest absolute Gasteiger partial charge is 0.493 e. The summed E-state index contributed by atoms with van der Waals surface area (Å²) in [6.45, 7) is -2.13. The SMILES string of the molecule is COc1ccc(CCNC(=O)NCc2ccc(OC(F)F)cc2)cc1OC. The molecule has 0 aromatic heterocycles. The first-order chi connectivity index (χ1) is 13.0. The van der Waals surface area contributed by atoms with E-state index in [1.54, 1.807) is 26.4 Å². The van der Waals surface area contributed by atoms with Crippen LogP contribution in [0.15, 0.2) is 42.5 Å². The van der Waals surface area contributed by atoms with Gasteiger partial charge in [-0.25, -0.2) is 4.79 Å². The molecule has 0 heterocycles. The van der Waals surface area contributed by atoms with Gasteiger partial charge in [-0.1, -0.05) is 18.2 Å². The van der Waals surface area contributed by atoms with E-state index in [2.05, 4.69) is 15.4 Å². The highest BCUT2D eigenvalue weighted by Crippen LogP contribution is 2.27. The maximum atomic E-state index is 12.1. The van der Waals surface area contributed by atoms with Crippen molar-refractivity contribution in [2.45, 2.75) is 19.6 Å². The Bertz CT molecular complexity index is 739. The number of amides is 2. The zero-order valence-corrected chi connectivity index (χ0v) is 15.1. The van der Waals surface area contributed by atoms with Gasteiger partial charge in [0.05, 0.1) is 14.2 Å². The van der Waals surface area contributed by atoms with Crippen molar-refractivity contribution < 1.29 is 27.8 Å². The summed E-state index contributed by atoms with van der Waals surface area (Å²) in [4.78, 5) is 11.9. The van der Waals surface area contributed by atoms with Crippen LogP contribution in [0.5, 0.6) is 17.2 Å². The van der Waals surface area contributed by atoms with E-state index in [0.29, 0.717) is 24.5 Å². The van der Waals surface area contributed by atoms with Crippen LogP contribution in [-0.4, -0.2) is 33.4 Å². The Kier molecular flexibility index (Phi) is 7.66. The maximum absolute atomic E-state index is 12.1. The second kappa shape index (κ2) is 10.2. The highest BCUT2D eigenvalue weighted by atomic mass is 19.3. The lowest BCUT2D eigenvalue weighted by molar-refractivity contribution is -0.0498. The fourth-order valence-corrected chi connectivity index (χ4v) is 2.39. The Balaban J connectivity index is 1.73. The zero-order valence-electron chi connectivity index (χ0n) is 15.1. The lowest BCUT2D eigenvalue weighted by Gasteiger charge is -2.11. The Morgan fingerprint density at radius 3 is 2.26 bits per heavy atom. The number of urea groups is 1. The molecule has 0 atom stereocenters. The average molecular weight is 380 g/mol. The topological polar surface area (TPSA) is 68.8 Å². The van der Waals surface area contributed by atoms with Crippen LogP contribution in [0.1, 0.15) is 11.1 Å². The lowest BCUT2D eigenvalue weighted by Crippen LogP contribution is -2.36. The maximum Gasteiger partial charge on any atom is 0.387 e. The molecular formula is C19H22F2N2O4. The van der Waals surface area contributed by atoms with Gasteiger partial charge in [-0.3, -0.25) is 0 Å². The van der Waals surface area contributed by atoms with E-state index in [4.69, 9.17) is 9.47 Å². The molecule has 2 aromatic rings. The van der Waals surface area contributed by atoms with Crippen LogP contribution in [-0.2, 0) is 13.0 Å². The van der Waals surface area contributed by atoms with Crippen molar-refractivity contribution in [3.8, 4) is 17.2 Å².